The summed E-state index contributed by atoms with van der Waals surface area (Å²) in [7, 11) is 0. The van der Waals surface area contributed by atoms with Gasteiger partial charge in [0.25, 0.3) is 0 Å². The largest absolute Gasteiger partial charge is 0.437 e. The summed E-state index contributed by atoms with van der Waals surface area (Å²) in [6, 6.07) is 17.1. The van der Waals surface area contributed by atoms with Crippen LogP contribution in [0.15, 0.2) is 54.6 Å². The van der Waals surface area contributed by atoms with Crippen molar-refractivity contribution < 1.29 is 9.53 Å². The number of anilines is 2. The topological polar surface area (TPSA) is 107 Å². The van der Waals surface area contributed by atoms with E-state index in [1.807, 2.05) is 56.3 Å². The Bertz CT molecular complexity index is 1360. The van der Waals surface area contributed by atoms with E-state index in [0.717, 1.165) is 46.4 Å². The summed E-state index contributed by atoms with van der Waals surface area (Å²) in [4.78, 5) is 12.0. The van der Waals surface area contributed by atoms with Gasteiger partial charge in [0.1, 0.15) is 5.75 Å². The number of halogens is 1. The zero-order valence-corrected chi connectivity index (χ0v) is 20.3. The van der Waals surface area contributed by atoms with Gasteiger partial charge < -0.3 is 25.7 Å². The number of urea groups is 1. The highest BCUT2D eigenvalue weighted by atomic mass is 35.5. The molecule has 1 aliphatic rings. The normalized spacial score (nSPS) is 13.6. The van der Waals surface area contributed by atoms with Crippen molar-refractivity contribution in [1.82, 2.24) is 20.1 Å². The average Bonchev–Trinajstić information content (AvgIpc) is 3.06. The number of benzene rings is 2. The van der Waals surface area contributed by atoms with Crippen molar-refractivity contribution in [3.05, 3.63) is 59.8 Å². The van der Waals surface area contributed by atoms with E-state index in [1.54, 1.807) is 12.1 Å². The van der Waals surface area contributed by atoms with Crippen molar-refractivity contribution in [2.24, 2.45) is 0 Å². The predicted molar refractivity (Wildman–Crippen MR) is 139 cm³/mol. The highest BCUT2D eigenvalue weighted by Gasteiger charge is 2.27. The molecule has 0 atom stereocenters. The van der Waals surface area contributed by atoms with Crippen molar-refractivity contribution in [3.63, 3.8) is 0 Å². The Hall–Kier alpha value is -3.78. The molecule has 1 aliphatic carbocycles. The Labute approximate surface area is 208 Å². The summed E-state index contributed by atoms with van der Waals surface area (Å²) >= 11 is 5.83. The first kappa shape index (κ1) is 23.0. The quantitative estimate of drug-likeness (QED) is 0.290. The number of fused-ring (bicyclic) bond motifs is 1. The van der Waals surface area contributed by atoms with Gasteiger partial charge in [-0.1, -0.05) is 23.7 Å². The first-order valence-electron chi connectivity index (χ1n) is 11.7. The summed E-state index contributed by atoms with van der Waals surface area (Å²) in [5.74, 6) is 1.02. The van der Waals surface area contributed by atoms with Gasteiger partial charge in [-0.3, -0.25) is 0 Å². The van der Waals surface area contributed by atoms with Gasteiger partial charge in [-0.05, 0) is 63.4 Å². The fourth-order valence-electron chi connectivity index (χ4n) is 4.32. The molecule has 2 aromatic heterocycles. The molecular formula is C26H27ClN6O2. The van der Waals surface area contributed by atoms with E-state index in [0.29, 0.717) is 22.8 Å². The Kier molecular flexibility index (Phi) is 6.21. The van der Waals surface area contributed by atoms with E-state index in [1.165, 1.54) is 6.42 Å². The number of rotatable bonds is 6. The SMILES string of the molecule is CC(C)NC(=O)Nc1ccc(-c2c(N)c3ccc(Oc4ccc(Cl)nn4)cc3n2C2CCC2)cc1. The second-order valence-electron chi connectivity index (χ2n) is 9.02. The van der Waals surface area contributed by atoms with Gasteiger partial charge in [-0.25, -0.2) is 4.79 Å². The molecule has 8 nitrogen and oxygen atoms in total. The number of nitrogens with one attached hydrogen (secondary N) is 2. The zero-order chi connectivity index (χ0) is 24.5. The second-order valence-corrected chi connectivity index (χ2v) is 9.41. The van der Waals surface area contributed by atoms with E-state index in [-0.39, 0.29) is 12.1 Å². The number of carbonyl (C=O) groups excluding carboxylic acids is 1. The number of nitrogen functional groups attached to an aromatic ring is 1. The maximum absolute atomic E-state index is 12.0. The van der Waals surface area contributed by atoms with E-state index < -0.39 is 0 Å². The molecule has 0 saturated heterocycles. The first-order chi connectivity index (χ1) is 16.9. The summed E-state index contributed by atoms with van der Waals surface area (Å²) < 4.78 is 8.25. The average molecular weight is 491 g/mol. The van der Waals surface area contributed by atoms with Gasteiger partial charge in [0.2, 0.25) is 5.88 Å². The molecule has 0 bridgehead atoms. The molecule has 2 aromatic carbocycles. The number of carbonyl (C=O) groups is 1. The number of ether oxygens (including phenoxy) is 1. The van der Waals surface area contributed by atoms with Crippen molar-refractivity contribution >= 4 is 39.9 Å². The van der Waals surface area contributed by atoms with Crippen molar-refractivity contribution in [2.45, 2.75) is 45.2 Å². The minimum atomic E-state index is -0.228. The minimum absolute atomic E-state index is 0.0628. The Morgan fingerprint density at radius 1 is 1.11 bits per heavy atom. The van der Waals surface area contributed by atoms with Crippen LogP contribution in [0, 0.1) is 0 Å². The van der Waals surface area contributed by atoms with Crippen molar-refractivity contribution in [3.8, 4) is 22.9 Å². The smallest absolute Gasteiger partial charge is 0.319 e. The second kappa shape index (κ2) is 9.46. The van der Waals surface area contributed by atoms with Gasteiger partial charge in [0.15, 0.2) is 5.15 Å². The lowest BCUT2D eigenvalue weighted by atomic mass is 9.92. The van der Waals surface area contributed by atoms with Gasteiger partial charge in [-0.2, -0.15) is 0 Å². The van der Waals surface area contributed by atoms with Crippen molar-refractivity contribution in [2.75, 3.05) is 11.1 Å². The lowest BCUT2D eigenvalue weighted by molar-refractivity contribution is 0.250. The van der Waals surface area contributed by atoms with E-state index in [2.05, 4.69) is 25.4 Å². The number of hydrogen-bond acceptors (Lipinski definition) is 5. The summed E-state index contributed by atoms with van der Waals surface area (Å²) in [6.45, 7) is 3.84. The summed E-state index contributed by atoms with van der Waals surface area (Å²) in [5.41, 5.74) is 11.1. The lowest BCUT2D eigenvalue weighted by Crippen LogP contribution is -2.34. The molecule has 4 aromatic rings. The van der Waals surface area contributed by atoms with Gasteiger partial charge in [0.05, 0.1) is 16.9 Å². The van der Waals surface area contributed by atoms with Crippen LogP contribution >= 0.6 is 11.6 Å². The number of amides is 2. The van der Waals surface area contributed by atoms with Crippen LogP contribution in [0.3, 0.4) is 0 Å². The molecule has 4 N–H and O–H groups in total. The molecule has 0 radical (unpaired) electrons. The third-order valence-corrected chi connectivity index (χ3v) is 6.32. The van der Waals surface area contributed by atoms with Crippen LogP contribution in [0.2, 0.25) is 5.15 Å². The summed E-state index contributed by atoms with van der Waals surface area (Å²) in [6.07, 6.45) is 3.38. The van der Waals surface area contributed by atoms with Crippen LogP contribution in [-0.4, -0.2) is 26.8 Å². The Morgan fingerprint density at radius 2 is 1.89 bits per heavy atom. The molecule has 5 rings (SSSR count). The van der Waals surface area contributed by atoms with E-state index in [9.17, 15) is 4.79 Å². The van der Waals surface area contributed by atoms with Crippen LogP contribution in [-0.2, 0) is 0 Å². The molecule has 2 amide bonds. The maximum Gasteiger partial charge on any atom is 0.319 e. The lowest BCUT2D eigenvalue weighted by Gasteiger charge is -2.30. The standard InChI is InChI=1S/C26H27ClN6O2/c1-15(2)29-26(34)30-17-8-6-16(7-9-17)25-24(28)20-11-10-19(35-23-13-12-22(27)31-32-23)14-21(20)33(25)18-4-3-5-18/h6-15,18H,3-5,28H2,1-2H3,(H2,29,30,34). The summed E-state index contributed by atoms with van der Waals surface area (Å²) in [5, 5.41) is 14.8. The van der Waals surface area contributed by atoms with Gasteiger partial charge in [0, 0.05) is 40.9 Å². The number of aromatic nitrogens is 3. The van der Waals surface area contributed by atoms with Gasteiger partial charge >= 0.3 is 6.03 Å². The minimum Gasteiger partial charge on any atom is -0.437 e. The highest BCUT2D eigenvalue weighted by Crippen LogP contribution is 2.45. The molecular weight excluding hydrogens is 464 g/mol. The highest BCUT2D eigenvalue weighted by molar-refractivity contribution is 6.29. The number of hydrogen-bond donors (Lipinski definition) is 3. The fourth-order valence-corrected chi connectivity index (χ4v) is 4.42. The number of nitrogens with two attached hydrogens (primary N) is 1. The van der Waals surface area contributed by atoms with Crippen LogP contribution in [0.5, 0.6) is 11.6 Å². The maximum atomic E-state index is 12.0. The molecule has 1 saturated carbocycles. The Balaban J connectivity index is 1.50. The van der Waals surface area contributed by atoms with Crippen molar-refractivity contribution in [1.29, 1.82) is 0 Å². The first-order valence-corrected chi connectivity index (χ1v) is 12.1. The third-order valence-electron chi connectivity index (χ3n) is 6.12. The number of nitrogens with zero attached hydrogens (tertiary/aromatic N) is 3. The van der Waals surface area contributed by atoms with Crippen LogP contribution < -0.4 is 21.1 Å². The van der Waals surface area contributed by atoms with Gasteiger partial charge in [-0.15, -0.1) is 10.2 Å². The molecule has 0 aliphatic heterocycles. The fraction of sp³-hybridized carbons (Fsp3) is 0.269. The Morgan fingerprint density at radius 3 is 2.51 bits per heavy atom. The van der Waals surface area contributed by atoms with E-state index in [4.69, 9.17) is 22.1 Å². The zero-order valence-electron chi connectivity index (χ0n) is 19.6. The monoisotopic (exact) mass is 490 g/mol. The predicted octanol–water partition coefficient (Wildman–Crippen LogP) is 6.38. The van der Waals surface area contributed by atoms with Crippen LogP contribution in [0.25, 0.3) is 22.2 Å². The molecule has 9 heteroatoms. The van der Waals surface area contributed by atoms with E-state index >= 15 is 0 Å². The molecule has 180 valence electrons. The molecule has 1 fully saturated rings. The molecule has 0 spiro atoms. The molecule has 0 unspecified atom stereocenters. The third kappa shape index (κ3) is 4.74. The van der Waals surface area contributed by atoms with Crippen LogP contribution in [0.1, 0.15) is 39.2 Å². The molecule has 35 heavy (non-hydrogen) atoms. The van der Waals surface area contributed by atoms with Crippen LogP contribution in [0.4, 0.5) is 16.2 Å². The molecule has 2 heterocycles.